The van der Waals surface area contributed by atoms with Gasteiger partial charge in [0.05, 0.1) is 12.7 Å². The summed E-state index contributed by atoms with van der Waals surface area (Å²) in [6, 6.07) is 8.04. The number of halogens is 1. The Labute approximate surface area is 129 Å². The maximum Gasteiger partial charge on any atom is 0.338 e. The van der Waals surface area contributed by atoms with E-state index < -0.39 is 0 Å². The fourth-order valence-electron chi connectivity index (χ4n) is 2.98. The van der Waals surface area contributed by atoms with Crippen LogP contribution in [0.25, 0.3) is 0 Å². The second-order valence-corrected chi connectivity index (χ2v) is 6.21. The van der Waals surface area contributed by atoms with Gasteiger partial charge in [0.25, 0.3) is 0 Å². The van der Waals surface area contributed by atoms with E-state index in [1.165, 1.54) is 12.0 Å². The molecule has 2 atom stereocenters. The molecule has 1 aromatic rings. The number of carbonyl (C=O) groups is 1. The topological polar surface area (TPSA) is 53.6 Å². The van der Waals surface area contributed by atoms with E-state index in [1.807, 2.05) is 12.1 Å². The molecule has 5 nitrogen and oxygen atoms in total. The number of carbonyl (C=O) groups excluding carboxylic acids is 1. The van der Waals surface area contributed by atoms with Crippen molar-refractivity contribution < 1.29 is 9.63 Å². The normalized spacial score (nSPS) is 26.8. The largest absolute Gasteiger partial charge is 0.368 e. The molecule has 21 heavy (non-hydrogen) atoms. The second kappa shape index (κ2) is 6.75. The first kappa shape index (κ1) is 14.8. The minimum Gasteiger partial charge on any atom is -0.368 e. The van der Waals surface area contributed by atoms with Gasteiger partial charge in [-0.3, -0.25) is 10.2 Å². The lowest BCUT2D eigenvalue weighted by Crippen LogP contribution is -2.52. The Kier molecular flexibility index (Phi) is 4.75. The maximum absolute atomic E-state index is 11.0. The number of benzene rings is 1. The summed E-state index contributed by atoms with van der Waals surface area (Å²) in [5.41, 5.74) is 4.07. The number of hydrogen-bond acceptors (Lipinski definition) is 5. The summed E-state index contributed by atoms with van der Waals surface area (Å²) in [6.07, 6.45) is 2.23. The van der Waals surface area contributed by atoms with Crippen LogP contribution in [0.15, 0.2) is 24.3 Å². The molecule has 2 unspecified atom stereocenters. The van der Waals surface area contributed by atoms with Crippen LogP contribution >= 0.6 is 11.6 Å². The van der Waals surface area contributed by atoms with E-state index in [4.69, 9.17) is 16.4 Å². The summed E-state index contributed by atoms with van der Waals surface area (Å²) in [5.74, 6) is 0.376. The molecule has 0 aromatic heterocycles. The molecule has 2 saturated heterocycles. The number of hydroxylamine groups is 1. The summed E-state index contributed by atoms with van der Waals surface area (Å²) in [6.45, 7) is 3.45. The first-order valence-electron chi connectivity index (χ1n) is 7.34. The van der Waals surface area contributed by atoms with Crippen molar-refractivity contribution in [2.45, 2.75) is 25.6 Å². The Morgan fingerprint density at radius 1 is 1.33 bits per heavy atom. The fourth-order valence-corrected chi connectivity index (χ4v) is 3.11. The quantitative estimate of drug-likeness (QED) is 0.883. The Hall–Kier alpha value is -1.14. The summed E-state index contributed by atoms with van der Waals surface area (Å²) in [4.78, 5) is 18.3. The van der Waals surface area contributed by atoms with Gasteiger partial charge in [0.2, 0.25) is 0 Å². The first-order valence-corrected chi connectivity index (χ1v) is 7.72. The smallest absolute Gasteiger partial charge is 0.338 e. The van der Waals surface area contributed by atoms with Gasteiger partial charge in [-0.2, -0.15) is 0 Å². The molecule has 6 heteroatoms. The van der Waals surface area contributed by atoms with Crippen molar-refractivity contribution in [3.8, 4) is 0 Å². The van der Waals surface area contributed by atoms with Crippen LogP contribution in [-0.4, -0.2) is 36.7 Å². The molecule has 2 N–H and O–H groups in total. The van der Waals surface area contributed by atoms with Gasteiger partial charge >= 0.3 is 5.97 Å². The Morgan fingerprint density at radius 3 is 2.86 bits per heavy atom. The van der Waals surface area contributed by atoms with Gasteiger partial charge in [0.1, 0.15) is 0 Å². The summed E-state index contributed by atoms with van der Waals surface area (Å²) in [7, 11) is 0. The summed E-state index contributed by atoms with van der Waals surface area (Å²) < 4.78 is 0. The highest BCUT2D eigenvalue weighted by Crippen LogP contribution is 2.23. The van der Waals surface area contributed by atoms with Crippen molar-refractivity contribution in [2.75, 3.05) is 19.6 Å². The van der Waals surface area contributed by atoms with Crippen LogP contribution in [0.4, 0.5) is 0 Å². The molecule has 1 aromatic carbocycles. The Bertz CT molecular complexity index is 484. The van der Waals surface area contributed by atoms with Crippen LogP contribution in [-0.2, 0) is 16.2 Å². The first-order chi connectivity index (χ1) is 10.2. The van der Waals surface area contributed by atoms with Crippen LogP contribution in [0, 0.1) is 5.92 Å². The van der Waals surface area contributed by atoms with E-state index in [0.29, 0.717) is 12.5 Å². The molecule has 2 aliphatic heterocycles. The monoisotopic (exact) mass is 309 g/mol. The van der Waals surface area contributed by atoms with Gasteiger partial charge in [-0.15, -0.1) is 5.48 Å². The molecule has 2 aliphatic rings. The average Bonchev–Trinajstić information content (AvgIpc) is 2.91. The third-order valence-electron chi connectivity index (χ3n) is 4.07. The maximum atomic E-state index is 11.0. The van der Waals surface area contributed by atoms with Crippen LogP contribution in [0.5, 0.6) is 0 Å². The average molecular weight is 310 g/mol. The van der Waals surface area contributed by atoms with E-state index in [9.17, 15) is 4.79 Å². The van der Waals surface area contributed by atoms with Crippen molar-refractivity contribution >= 4 is 17.6 Å². The van der Waals surface area contributed by atoms with Crippen molar-refractivity contribution in [3.05, 3.63) is 34.9 Å². The molecule has 0 radical (unpaired) electrons. The zero-order valence-electron chi connectivity index (χ0n) is 11.8. The highest BCUT2D eigenvalue weighted by Gasteiger charge is 2.27. The molecule has 114 valence electrons. The van der Waals surface area contributed by atoms with Crippen LogP contribution in [0.2, 0.25) is 5.02 Å². The fraction of sp³-hybridized carbons (Fsp3) is 0.533. The highest BCUT2D eigenvalue weighted by molar-refractivity contribution is 6.30. The second-order valence-electron chi connectivity index (χ2n) is 5.78. The SMILES string of the molecule is O=C1CNC(CC2CCN(Cc3ccc(Cl)cc3)C2)NO1. The summed E-state index contributed by atoms with van der Waals surface area (Å²) >= 11 is 5.91. The lowest BCUT2D eigenvalue weighted by molar-refractivity contribution is -0.158. The van der Waals surface area contributed by atoms with Gasteiger partial charge in [-0.1, -0.05) is 23.7 Å². The lowest BCUT2D eigenvalue weighted by atomic mass is 10.0. The third kappa shape index (κ3) is 4.17. The molecule has 0 aliphatic carbocycles. The molecule has 2 fully saturated rings. The minimum absolute atomic E-state index is 0.0724. The lowest BCUT2D eigenvalue weighted by Gasteiger charge is -2.26. The van der Waals surface area contributed by atoms with Gasteiger partial charge in [-0.05, 0) is 43.0 Å². The molecule has 0 bridgehead atoms. The van der Waals surface area contributed by atoms with E-state index in [-0.39, 0.29) is 12.1 Å². The number of hydrogen-bond donors (Lipinski definition) is 2. The number of rotatable bonds is 4. The van der Waals surface area contributed by atoms with E-state index in [2.05, 4.69) is 27.8 Å². The van der Waals surface area contributed by atoms with Crippen LogP contribution in [0.3, 0.4) is 0 Å². The molecule has 0 saturated carbocycles. The predicted octanol–water partition coefficient (Wildman–Crippen LogP) is 1.53. The van der Waals surface area contributed by atoms with Gasteiger partial charge in [0, 0.05) is 18.1 Å². The Morgan fingerprint density at radius 2 is 2.14 bits per heavy atom. The van der Waals surface area contributed by atoms with Crippen molar-refractivity contribution in [2.24, 2.45) is 5.92 Å². The standard InChI is InChI=1S/C15H20ClN3O2/c16-13-3-1-11(2-4-13)9-19-6-5-12(10-19)7-14-17-8-15(20)21-18-14/h1-4,12,14,17-18H,5-10H2. The van der Waals surface area contributed by atoms with E-state index in [0.717, 1.165) is 31.1 Å². The van der Waals surface area contributed by atoms with Gasteiger partial charge in [0.15, 0.2) is 0 Å². The number of nitrogens with one attached hydrogen (secondary N) is 2. The van der Waals surface area contributed by atoms with Gasteiger partial charge < -0.3 is 4.84 Å². The summed E-state index contributed by atoms with van der Waals surface area (Å²) in [5, 5.41) is 3.93. The third-order valence-corrected chi connectivity index (χ3v) is 4.32. The predicted molar refractivity (Wildman–Crippen MR) is 80.5 cm³/mol. The zero-order valence-corrected chi connectivity index (χ0v) is 12.6. The van der Waals surface area contributed by atoms with Crippen molar-refractivity contribution in [1.29, 1.82) is 0 Å². The van der Waals surface area contributed by atoms with Crippen molar-refractivity contribution in [1.82, 2.24) is 15.7 Å². The molecule has 2 heterocycles. The molecular weight excluding hydrogens is 290 g/mol. The van der Waals surface area contributed by atoms with Crippen LogP contribution in [0.1, 0.15) is 18.4 Å². The number of nitrogens with zero attached hydrogens (tertiary/aromatic N) is 1. The molecule has 0 spiro atoms. The van der Waals surface area contributed by atoms with E-state index in [1.54, 1.807) is 0 Å². The minimum atomic E-state index is -0.248. The molecule has 3 rings (SSSR count). The van der Waals surface area contributed by atoms with Crippen molar-refractivity contribution in [3.63, 3.8) is 0 Å². The van der Waals surface area contributed by atoms with E-state index >= 15 is 0 Å². The number of likely N-dealkylation sites (tertiary alicyclic amines) is 1. The highest BCUT2D eigenvalue weighted by atomic mass is 35.5. The molecule has 0 amide bonds. The molecular formula is C15H20ClN3O2. The van der Waals surface area contributed by atoms with Crippen LogP contribution < -0.4 is 10.8 Å². The Balaban J connectivity index is 1.44. The zero-order chi connectivity index (χ0) is 14.7. The van der Waals surface area contributed by atoms with Gasteiger partial charge in [-0.25, -0.2) is 4.79 Å².